The number of hydrogen-bond acceptors (Lipinski definition) is 2. The minimum atomic E-state index is -1.41. The molecule has 0 aliphatic heterocycles. The SMILES string of the molecule is C[C@]12CC[C@H]3[C@@H](C=CC4=CC(=O)CC[C@@]43C)[C@@H]1CC[C@@H]2CCO[Si](C)(C)C. The number of rotatable bonds is 4. The molecule has 0 aromatic carbocycles. The van der Waals surface area contributed by atoms with Crippen LogP contribution in [0, 0.1) is 34.5 Å². The molecular weight excluding hydrogens is 348 g/mol. The van der Waals surface area contributed by atoms with E-state index in [4.69, 9.17) is 4.43 Å². The number of carbonyl (C=O) groups is 1. The van der Waals surface area contributed by atoms with Crippen LogP contribution in [0.5, 0.6) is 0 Å². The molecule has 0 amide bonds. The van der Waals surface area contributed by atoms with Crippen molar-refractivity contribution in [2.24, 2.45) is 34.5 Å². The van der Waals surface area contributed by atoms with Gasteiger partial charge in [-0.2, -0.15) is 0 Å². The highest BCUT2D eigenvalue weighted by molar-refractivity contribution is 6.69. The molecule has 0 heterocycles. The van der Waals surface area contributed by atoms with Crippen LogP contribution < -0.4 is 0 Å². The summed E-state index contributed by atoms with van der Waals surface area (Å²) in [6.07, 6.45) is 15.3. The molecule has 4 aliphatic rings. The Labute approximate surface area is 167 Å². The van der Waals surface area contributed by atoms with Crippen LogP contribution in [0.25, 0.3) is 0 Å². The molecule has 3 heteroatoms. The third-order valence-corrected chi connectivity index (χ3v) is 9.78. The minimum Gasteiger partial charge on any atom is -0.418 e. The molecule has 4 aliphatic carbocycles. The van der Waals surface area contributed by atoms with Crippen LogP contribution in [-0.2, 0) is 9.22 Å². The quantitative estimate of drug-likeness (QED) is 0.541. The van der Waals surface area contributed by atoms with E-state index in [1.807, 2.05) is 6.08 Å². The van der Waals surface area contributed by atoms with E-state index in [-0.39, 0.29) is 5.41 Å². The van der Waals surface area contributed by atoms with Gasteiger partial charge in [0.25, 0.3) is 0 Å². The van der Waals surface area contributed by atoms with Gasteiger partial charge in [-0.05, 0) is 104 Å². The molecule has 0 aromatic rings. The molecule has 0 saturated heterocycles. The van der Waals surface area contributed by atoms with Crippen LogP contribution >= 0.6 is 0 Å². The summed E-state index contributed by atoms with van der Waals surface area (Å²) < 4.78 is 6.20. The Morgan fingerprint density at radius 2 is 1.89 bits per heavy atom. The maximum absolute atomic E-state index is 11.9. The zero-order chi connectivity index (χ0) is 19.4. The fourth-order valence-corrected chi connectivity index (χ4v) is 7.82. The predicted molar refractivity (Wildman–Crippen MR) is 114 cm³/mol. The molecule has 6 atom stereocenters. The molecule has 2 saturated carbocycles. The van der Waals surface area contributed by atoms with Crippen LogP contribution in [0.1, 0.15) is 58.8 Å². The van der Waals surface area contributed by atoms with E-state index in [2.05, 4.69) is 45.6 Å². The summed E-state index contributed by atoms with van der Waals surface area (Å²) in [5.74, 6) is 3.42. The predicted octanol–water partition coefficient (Wildman–Crippen LogP) is 6.15. The van der Waals surface area contributed by atoms with Crippen molar-refractivity contribution in [1.82, 2.24) is 0 Å². The minimum absolute atomic E-state index is 0.230. The molecule has 0 N–H and O–H groups in total. The highest BCUT2D eigenvalue weighted by Crippen LogP contribution is 2.65. The number of hydrogen-bond donors (Lipinski definition) is 0. The third-order valence-electron chi connectivity index (χ3n) is 8.71. The first-order valence-electron chi connectivity index (χ1n) is 11.2. The van der Waals surface area contributed by atoms with Crippen LogP contribution in [0.15, 0.2) is 23.8 Å². The standard InChI is InChI=1S/C24H38O2Si/c1-23-14-11-22-20(8-6-18-16-19(25)10-13-24(18,22)2)21(23)9-7-17(23)12-15-26-27(3,4)5/h6,8,16-17,20-22H,7,9-15H2,1-5H3/t17-,20+,21+,22+,23-,24+/m1/s1. The lowest BCUT2D eigenvalue weighted by atomic mass is 9.48. The second kappa shape index (κ2) is 6.69. The Balaban J connectivity index is 1.53. The summed E-state index contributed by atoms with van der Waals surface area (Å²) in [5.41, 5.74) is 2.03. The van der Waals surface area contributed by atoms with Crippen LogP contribution in [0.3, 0.4) is 0 Å². The van der Waals surface area contributed by atoms with E-state index in [1.165, 1.54) is 37.7 Å². The fraction of sp³-hybridized carbons (Fsp3) is 0.792. The molecule has 0 spiro atoms. The highest BCUT2D eigenvalue weighted by atomic mass is 28.4. The highest BCUT2D eigenvalue weighted by Gasteiger charge is 2.57. The molecule has 150 valence electrons. The molecule has 0 bridgehead atoms. The van der Waals surface area contributed by atoms with Crippen LogP contribution in [-0.4, -0.2) is 20.7 Å². The number of allylic oxidation sites excluding steroid dienone is 4. The molecule has 0 aromatic heterocycles. The summed E-state index contributed by atoms with van der Waals surface area (Å²) >= 11 is 0. The van der Waals surface area contributed by atoms with Crippen molar-refractivity contribution in [2.45, 2.75) is 78.4 Å². The van der Waals surface area contributed by atoms with Crippen molar-refractivity contribution in [1.29, 1.82) is 0 Å². The lowest BCUT2D eigenvalue weighted by Gasteiger charge is -2.56. The van der Waals surface area contributed by atoms with Crippen molar-refractivity contribution in [2.75, 3.05) is 6.61 Å². The van der Waals surface area contributed by atoms with E-state index in [1.54, 1.807) is 0 Å². The molecular formula is C24H38O2Si. The zero-order valence-corrected chi connectivity index (χ0v) is 19.0. The van der Waals surface area contributed by atoms with Gasteiger partial charge in [-0.15, -0.1) is 0 Å². The monoisotopic (exact) mass is 386 g/mol. The summed E-state index contributed by atoms with van der Waals surface area (Å²) in [4.78, 5) is 11.9. The van der Waals surface area contributed by atoms with Crippen molar-refractivity contribution in [3.63, 3.8) is 0 Å². The third kappa shape index (κ3) is 3.33. The topological polar surface area (TPSA) is 26.3 Å². The van der Waals surface area contributed by atoms with Gasteiger partial charge in [0.15, 0.2) is 14.1 Å². The smallest absolute Gasteiger partial charge is 0.183 e. The summed E-state index contributed by atoms with van der Waals surface area (Å²) in [6, 6.07) is 0. The van der Waals surface area contributed by atoms with Crippen molar-refractivity contribution < 1.29 is 9.22 Å². The van der Waals surface area contributed by atoms with Gasteiger partial charge in [0.1, 0.15) is 0 Å². The van der Waals surface area contributed by atoms with Gasteiger partial charge in [0.05, 0.1) is 0 Å². The fourth-order valence-electron chi connectivity index (χ4n) is 7.09. The molecule has 2 nitrogen and oxygen atoms in total. The molecule has 27 heavy (non-hydrogen) atoms. The van der Waals surface area contributed by atoms with E-state index < -0.39 is 8.32 Å². The van der Waals surface area contributed by atoms with E-state index >= 15 is 0 Å². The number of carbonyl (C=O) groups excluding carboxylic acids is 1. The molecule has 0 unspecified atom stereocenters. The van der Waals surface area contributed by atoms with Gasteiger partial charge in [-0.25, -0.2) is 0 Å². The average Bonchev–Trinajstić information content (AvgIpc) is 2.91. The van der Waals surface area contributed by atoms with Gasteiger partial charge in [-0.3, -0.25) is 4.79 Å². The second-order valence-corrected chi connectivity index (χ2v) is 15.7. The maximum Gasteiger partial charge on any atom is 0.183 e. The Morgan fingerprint density at radius 3 is 2.63 bits per heavy atom. The maximum atomic E-state index is 11.9. The van der Waals surface area contributed by atoms with E-state index in [0.717, 1.165) is 37.2 Å². The summed E-state index contributed by atoms with van der Waals surface area (Å²) in [7, 11) is -1.41. The lowest BCUT2D eigenvalue weighted by molar-refractivity contribution is -0.116. The van der Waals surface area contributed by atoms with Crippen molar-refractivity contribution in [3.8, 4) is 0 Å². The van der Waals surface area contributed by atoms with Crippen LogP contribution in [0.2, 0.25) is 19.6 Å². The Hall–Kier alpha value is -0.673. The largest absolute Gasteiger partial charge is 0.418 e. The Bertz CT molecular complexity index is 672. The van der Waals surface area contributed by atoms with E-state index in [9.17, 15) is 4.79 Å². The molecule has 2 fully saturated rings. The van der Waals surface area contributed by atoms with Crippen LogP contribution in [0.4, 0.5) is 0 Å². The van der Waals surface area contributed by atoms with Gasteiger partial charge in [-0.1, -0.05) is 26.0 Å². The first kappa shape index (κ1) is 19.6. The normalized spacial score (nSPS) is 43.7. The van der Waals surface area contributed by atoms with E-state index in [0.29, 0.717) is 17.1 Å². The van der Waals surface area contributed by atoms with Crippen molar-refractivity contribution >= 4 is 14.1 Å². The van der Waals surface area contributed by atoms with Gasteiger partial charge < -0.3 is 4.43 Å². The van der Waals surface area contributed by atoms with Gasteiger partial charge in [0.2, 0.25) is 0 Å². The zero-order valence-electron chi connectivity index (χ0n) is 18.0. The Morgan fingerprint density at radius 1 is 1.11 bits per heavy atom. The lowest BCUT2D eigenvalue weighted by Crippen LogP contribution is -2.49. The number of fused-ring (bicyclic) bond motifs is 5. The van der Waals surface area contributed by atoms with Crippen molar-refractivity contribution in [3.05, 3.63) is 23.8 Å². The average molecular weight is 387 g/mol. The number of ketones is 1. The van der Waals surface area contributed by atoms with Gasteiger partial charge >= 0.3 is 0 Å². The molecule has 0 radical (unpaired) electrons. The van der Waals surface area contributed by atoms with Gasteiger partial charge in [0, 0.05) is 13.0 Å². The Kier molecular flexibility index (Phi) is 4.87. The summed E-state index contributed by atoms with van der Waals surface area (Å²) in [5, 5.41) is 0. The first-order chi connectivity index (χ1) is 12.6. The summed E-state index contributed by atoms with van der Waals surface area (Å²) in [6.45, 7) is 12.9. The molecule has 4 rings (SSSR count). The first-order valence-corrected chi connectivity index (χ1v) is 14.6. The second-order valence-electron chi connectivity index (χ2n) is 11.2.